The molecule has 0 saturated heterocycles. The minimum absolute atomic E-state index is 0.0288. The number of anilines is 1. The van der Waals surface area contributed by atoms with Crippen molar-refractivity contribution in [2.45, 2.75) is 38.6 Å². The topological polar surface area (TPSA) is 181 Å². The van der Waals surface area contributed by atoms with Gasteiger partial charge in [0.1, 0.15) is 17.9 Å². The number of benzene rings is 1. The number of hydrogen-bond donors (Lipinski definition) is 3. The number of fused-ring (bicyclic) bond motifs is 1. The van der Waals surface area contributed by atoms with Gasteiger partial charge in [-0.05, 0) is 24.0 Å². The second kappa shape index (κ2) is 15.6. The monoisotopic (exact) mass is 545 g/mol. The molecule has 2 heterocycles. The van der Waals surface area contributed by atoms with Crippen molar-refractivity contribution in [3.63, 3.8) is 0 Å². The molecule has 3 rings (SSSR count). The summed E-state index contributed by atoms with van der Waals surface area (Å²) in [4.78, 5) is 46.3. The number of imidazole rings is 1. The van der Waals surface area contributed by atoms with Crippen LogP contribution in [-0.2, 0) is 36.8 Å². The number of nitrogens with two attached hydrogens (primary N) is 1. The average molecular weight is 546 g/mol. The maximum atomic E-state index is 12.6. The van der Waals surface area contributed by atoms with Gasteiger partial charge in [-0.1, -0.05) is 24.3 Å². The predicted octanol–water partition coefficient (Wildman–Crippen LogP) is 1.57. The Morgan fingerprint density at radius 2 is 1.67 bits per heavy atom. The standard InChI is InChI=1S/C26H35N5O8/c1-36-13-16-39-25-29-23(27)22-24(30-25)31(26(35)28-22)17-19-6-4-18(5-7-19)8-9-20(32)3-2-11-37-14-15-38-12-10-21(33)34/h4-7H,2-3,8-17H2,1H3,(H,28,35)(H,33,34)(H2,27,29,30). The minimum atomic E-state index is -0.895. The molecule has 0 saturated carbocycles. The van der Waals surface area contributed by atoms with Crippen LogP contribution in [0.4, 0.5) is 5.82 Å². The van der Waals surface area contributed by atoms with Crippen LogP contribution in [0.3, 0.4) is 0 Å². The number of ether oxygens (including phenoxy) is 4. The van der Waals surface area contributed by atoms with Gasteiger partial charge in [0.15, 0.2) is 11.5 Å². The Balaban J connectivity index is 1.43. The maximum Gasteiger partial charge on any atom is 0.328 e. The van der Waals surface area contributed by atoms with E-state index in [1.54, 1.807) is 7.11 Å². The third-order valence-corrected chi connectivity index (χ3v) is 5.78. The number of nitrogen functional groups attached to an aromatic ring is 1. The Kier molecular flexibility index (Phi) is 11.9. The molecule has 0 radical (unpaired) electrons. The Hall–Kier alpha value is -3.81. The number of hydrogen-bond acceptors (Lipinski definition) is 10. The van der Waals surface area contributed by atoms with Gasteiger partial charge in [0.2, 0.25) is 0 Å². The highest BCUT2D eigenvalue weighted by Crippen LogP contribution is 2.19. The molecule has 0 amide bonds. The van der Waals surface area contributed by atoms with E-state index in [0.717, 1.165) is 11.1 Å². The van der Waals surface area contributed by atoms with Gasteiger partial charge < -0.3 is 34.8 Å². The smallest absolute Gasteiger partial charge is 0.328 e. The number of nitrogens with one attached hydrogen (secondary N) is 1. The quantitative estimate of drug-likeness (QED) is 0.186. The van der Waals surface area contributed by atoms with Gasteiger partial charge in [0, 0.05) is 26.6 Å². The molecule has 0 unspecified atom stereocenters. The maximum absolute atomic E-state index is 12.6. The summed E-state index contributed by atoms with van der Waals surface area (Å²) in [5.74, 6) is -0.614. The van der Waals surface area contributed by atoms with Crippen molar-refractivity contribution in [2.24, 2.45) is 0 Å². The lowest BCUT2D eigenvalue weighted by Gasteiger charge is -2.08. The molecule has 0 aliphatic heterocycles. The van der Waals surface area contributed by atoms with E-state index >= 15 is 0 Å². The number of carbonyl (C=O) groups is 2. The summed E-state index contributed by atoms with van der Waals surface area (Å²) >= 11 is 0. The molecule has 13 heteroatoms. The lowest BCUT2D eigenvalue weighted by Crippen LogP contribution is -2.18. The third-order valence-electron chi connectivity index (χ3n) is 5.78. The number of Topliss-reactive ketones (excluding diaryl/α,β-unsaturated/α-hetero) is 1. The summed E-state index contributed by atoms with van der Waals surface area (Å²) in [6.45, 7) is 2.20. The predicted molar refractivity (Wildman–Crippen MR) is 142 cm³/mol. The fraction of sp³-hybridized carbons (Fsp3) is 0.500. The molecule has 212 valence electrons. The summed E-state index contributed by atoms with van der Waals surface area (Å²) in [5, 5.41) is 8.53. The van der Waals surface area contributed by atoms with Gasteiger partial charge in [-0.15, -0.1) is 0 Å². The molecular formula is C26H35N5O8. The number of carbonyl (C=O) groups excluding carboxylic acids is 1. The first-order valence-corrected chi connectivity index (χ1v) is 12.7. The van der Waals surface area contributed by atoms with Crippen LogP contribution in [0.1, 0.15) is 36.8 Å². The first-order chi connectivity index (χ1) is 18.9. The van der Waals surface area contributed by atoms with E-state index in [2.05, 4.69) is 15.0 Å². The van der Waals surface area contributed by atoms with Crippen molar-refractivity contribution < 1.29 is 33.6 Å². The van der Waals surface area contributed by atoms with Crippen LogP contribution >= 0.6 is 0 Å². The second-order valence-electron chi connectivity index (χ2n) is 8.77. The molecule has 0 fully saturated rings. The Labute approximate surface area is 225 Å². The normalized spacial score (nSPS) is 11.2. The summed E-state index contributed by atoms with van der Waals surface area (Å²) in [6, 6.07) is 7.78. The van der Waals surface area contributed by atoms with E-state index in [1.165, 1.54) is 4.57 Å². The van der Waals surface area contributed by atoms with E-state index in [9.17, 15) is 14.4 Å². The average Bonchev–Trinajstić information content (AvgIpc) is 3.22. The van der Waals surface area contributed by atoms with Crippen molar-refractivity contribution in [3.8, 4) is 6.01 Å². The van der Waals surface area contributed by atoms with Crippen molar-refractivity contribution in [2.75, 3.05) is 52.5 Å². The van der Waals surface area contributed by atoms with Crippen molar-refractivity contribution in [1.29, 1.82) is 0 Å². The van der Waals surface area contributed by atoms with Gasteiger partial charge in [0.05, 0.1) is 39.4 Å². The third kappa shape index (κ3) is 9.78. The number of carboxylic acids is 1. The van der Waals surface area contributed by atoms with Crippen LogP contribution in [0, 0.1) is 0 Å². The SMILES string of the molecule is COCCOc1nc(N)c2[nH]c(=O)n(Cc3ccc(CCC(=O)CCCOCCOCCC(=O)O)cc3)c2n1. The molecule has 3 aromatic rings. The van der Waals surface area contributed by atoms with Crippen LogP contribution in [0.5, 0.6) is 6.01 Å². The Morgan fingerprint density at radius 1 is 0.949 bits per heavy atom. The van der Waals surface area contributed by atoms with E-state index in [0.29, 0.717) is 63.3 Å². The summed E-state index contributed by atoms with van der Waals surface area (Å²) in [7, 11) is 1.56. The minimum Gasteiger partial charge on any atom is -0.481 e. The second-order valence-corrected chi connectivity index (χ2v) is 8.77. The van der Waals surface area contributed by atoms with Gasteiger partial charge >= 0.3 is 17.7 Å². The van der Waals surface area contributed by atoms with Crippen LogP contribution in [-0.4, -0.2) is 83.1 Å². The van der Waals surface area contributed by atoms with E-state index in [4.69, 9.17) is 29.8 Å². The largest absolute Gasteiger partial charge is 0.481 e. The zero-order chi connectivity index (χ0) is 28.0. The van der Waals surface area contributed by atoms with Crippen LogP contribution < -0.4 is 16.2 Å². The van der Waals surface area contributed by atoms with Crippen molar-refractivity contribution in [3.05, 3.63) is 45.9 Å². The fourth-order valence-corrected chi connectivity index (χ4v) is 3.71. The number of aryl methyl sites for hydroxylation is 1. The van der Waals surface area contributed by atoms with Gasteiger partial charge in [-0.3, -0.25) is 14.2 Å². The zero-order valence-electron chi connectivity index (χ0n) is 22.0. The van der Waals surface area contributed by atoms with Gasteiger partial charge in [-0.25, -0.2) is 4.79 Å². The molecule has 2 aromatic heterocycles. The molecule has 13 nitrogen and oxygen atoms in total. The van der Waals surface area contributed by atoms with Gasteiger partial charge in [0.25, 0.3) is 0 Å². The Morgan fingerprint density at radius 3 is 2.38 bits per heavy atom. The summed E-state index contributed by atoms with van der Waals surface area (Å²) in [6.07, 6.45) is 2.08. The highest BCUT2D eigenvalue weighted by molar-refractivity contribution is 5.82. The highest BCUT2D eigenvalue weighted by Gasteiger charge is 2.15. The number of aliphatic carboxylic acids is 1. The number of ketones is 1. The number of rotatable bonds is 19. The molecule has 0 aliphatic carbocycles. The summed E-state index contributed by atoms with van der Waals surface area (Å²) < 4.78 is 22.4. The molecule has 4 N–H and O–H groups in total. The number of H-pyrrole nitrogens is 1. The molecule has 39 heavy (non-hydrogen) atoms. The van der Waals surface area contributed by atoms with Crippen molar-refractivity contribution in [1.82, 2.24) is 19.5 Å². The Bertz CT molecular complexity index is 1270. The zero-order valence-corrected chi connectivity index (χ0v) is 22.0. The molecule has 0 spiro atoms. The lowest BCUT2D eigenvalue weighted by atomic mass is 10.0. The summed E-state index contributed by atoms with van der Waals surface area (Å²) in [5.41, 5.74) is 8.24. The number of methoxy groups -OCH3 is 1. The van der Waals surface area contributed by atoms with E-state index < -0.39 is 5.97 Å². The van der Waals surface area contributed by atoms with Gasteiger partial charge in [-0.2, -0.15) is 9.97 Å². The molecule has 0 bridgehead atoms. The molecule has 1 aromatic carbocycles. The highest BCUT2D eigenvalue weighted by atomic mass is 16.5. The van der Waals surface area contributed by atoms with Crippen LogP contribution in [0.25, 0.3) is 11.2 Å². The van der Waals surface area contributed by atoms with Crippen LogP contribution in [0.2, 0.25) is 0 Å². The fourth-order valence-electron chi connectivity index (χ4n) is 3.71. The van der Waals surface area contributed by atoms with Crippen LogP contribution in [0.15, 0.2) is 29.1 Å². The molecular weight excluding hydrogens is 510 g/mol. The number of aromatic amines is 1. The van der Waals surface area contributed by atoms with Crippen molar-refractivity contribution >= 4 is 28.7 Å². The number of aromatic nitrogens is 4. The number of nitrogens with zero attached hydrogens (tertiary/aromatic N) is 3. The first kappa shape index (κ1) is 29.7. The molecule has 0 atom stereocenters. The number of carboxylic acid groups (broad SMARTS) is 1. The molecule has 0 aliphatic rings. The van der Waals surface area contributed by atoms with E-state index in [1.807, 2.05) is 24.3 Å². The van der Waals surface area contributed by atoms with E-state index in [-0.39, 0.29) is 49.5 Å². The first-order valence-electron chi connectivity index (χ1n) is 12.7. The lowest BCUT2D eigenvalue weighted by molar-refractivity contribution is -0.138.